The van der Waals surface area contributed by atoms with Crippen molar-refractivity contribution in [3.05, 3.63) is 59.2 Å². The molecule has 2 aromatic rings. The molecule has 0 radical (unpaired) electrons. The second-order valence-corrected chi connectivity index (χ2v) is 6.02. The molecule has 0 unspecified atom stereocenters. The van der Waals surface area contributed by atoms with E-state index in [2.05, 4.69) is 34.6 Å². The van der Waals surface area contributed by atoms with E-state index in [9.17, 15) is 0 Å². The molecule has 2 rings (SSSR count). The van der Waals surface area contributed by atoms with Gasteiger partial charge < -0.3 is 25.3 Å². The maximum absolute atomic E-state index is 5.96. The molecule has 6 nitrogen and oxygen atoms in total. The molecule has 0 fully saturated rings. The fourth-order valence-electron chi connectivity index (χ4n) is 2.56. The van der Waals surface area contributed by atoms with Crippen molar-refractivity contribution >= 4 is 29.9 Å². The number of rotatable bonds is 10. The molecule has 0 atom stereocenters. The van der Waals surface area contributed by atoms with Gasteiger partial charge in [-0.2, -0.15) is 0 Å². The molecule has 0 aliphatic rings. The molecule has 0 aromatic heterocycles. The number of aliphatic imine (C=N–C) groups is 1. The normalized spacial score (nSPS) is 10.9. The number of benzene rings is 2. The average Bonchev–Trinajstić information content (AvgIpc) is 2.71. The molecule has 28 heavy (non-hydrogen) atoms. The number of ether oxygens (including phenoxy) is 3. The summed E-state index contributed by atoms with van der Waals surface area (Å²) < 4.78 is 16.0. The first-order valence-electron chi connectivity index (χ1n) is 9.06. The second-order valence-electron chi connectivity index (χ2n) is 6.02. The van der Waals surface area contributed by atoms with Gasteiger partial charge in [-0.25, -0.2) is 4.99 Å². The largest absolute Gasteiger partial charge is 0.493 e. The summed E-state index contributed by atoms with van der Waals surface area (Å²) in [7, 11) is 3.26. The molecule has 0 bridgehead atoms. The highest BCUT2D eigenvalue weighted by Crippen LogP contribution is 2.27. The van der Waals surface area contributed by atoms with Gasteiger partial charge in [0.05, 0.1) is 27.4 Å². The van der Waals surface area contributed by atoms with Crippen molar-refractivity contribution in [3.8, 4) is 11.5 Å². The van der Waals surface area contributed by atoms with E-state index in [4.69, 9.17) is 19.9 Å². The second kappa shape index (κ2) is 13.2. The number of hydrogen-bond donors (Lipinski definition) is 2. The van der Waals surface area contributed by atoms with Crippen molar-refractivity contribution in [2.24, 2.45) is 10.7 Å². The molecule has 0 saturated heterocycles. The van der Waals surface area contributed by atoms with E-state index in [0.29, 0.717) is 25.7 Å². The van der Waals surface area contributed by atoms with Gasteiger partial charge in [-0.15, -0.1) is 24.0 Å². The zero-order chi connectivity index (χ0) is 19.5. The Labute approximate surface area is 184 Å². The minimum atomic E-state index is 0. The lowest BCUT2D eigenvalue weighted by Crippen LogP contribution is -2.33. The van der Waals surface area contributed by atoms with Gasteiger partial charge in [0.2, 0.25) is 0 Å². The number of hydrogen-bond acceptors (Lipinski definition) is 4. The van der Waals surface area contributed by atoms with Crippen molar-refractivity contribution in [2.45, 2.75) is 26.5 Å². The van der Waals surface area contributed by atoms with Gasteiger partial charge in [-0.05, 0) is 42.2 Å². The molecule has 154 valence electrons. The van der Waals surface area contributed by atoms with Crippen LogP contribution in [0, 0.1) is 0 Å². The highest BCUT2D eigenvalue weighted by molar-refractivity contribution is 14.0. The summed E-state index contributed by atoms with van der Waals surface area (Å²) >= 11 is 0. The van der Waals surface area contributed by atoms with E-state index in [-0.39, 0.29) is 24.0 Å². The van der Waals surface area contributed by atoms with E-state index in [1.54, 1.807) is 14.2 Å². The zero-order valence-corrected chi connectivity index (χ0v) is 19.1. The quantitative estimate of drug-likeness (QED) is 0.297. The van der Waals surface area contributed by atoms with Crippen LogP contribution in [-0.4, -0.2) is 33.3 Å². The standard InChI is InChI=1S/C21H29N3O3.HI/c1-4-27-15-18-7-5-17(6-8-18)14-24-21(22)23-12-11-16-9-10-19(25-2)20(13-16)26-3;/h5-10,13H,4,11-12,14-15H2,1-3H3,(H3,22,23,24);1H. The molecular formula is C21H30IN3O3. The van der Waals surface area contributed by atoms with Crippen molar-refractivity contribution in [1.82, 2.24) is 5.32 Å². The number of methoxy groups -OCH3 is 2. The van der Waals surface area contributed by atoms with Crippen LogP contribution in [0.1, 0.15) is 23.6 Å². The van der Waals surface area contributed by atoms with Crippen LogP contribution in [-0.2, 0) is 24.3 Å². The van der Waals surface area contributed by atoms with Gasteiger partial charge in [-0.1, -0.05) is 30.3 Å². The maximum Gasteiger partial charge on any atom is 0.188 e. The van der Waals surface area contributed by atoms with E-state index in [1.165, 1.54) is 0 Å². The first-order chi connectivity index (χ1) is 13.2. The van der Waals surface area contributed by atoms with E-state index < -0.39 is 0 Å². The number of halogens is 1. The first-order valence-corrected chi connectivity index (χ1v) is 9.06. The molecule has 0 spiro atoms. The van der Waals surface area contributed by atoms with Crippen LogP contribution < -0.4 is 20.5 Å². The summed E-state index contributed by atoms with van der Waals surface area (Å²) in [4.78, 5) is 4.39. The van der Waals surface area contributed by atoms with E-state index in [1.807, 2.05) is 25.1 Å². The molecule has 7 heteroatoms. The summed E-state index contributed by atoms with van der Waals surface area (Å²) in [6.45, 7) is 4.59. The molecule has 0 aliphatic heterocycles. The first kappa shape index (κ1) is 24.0. The SMILES string of the molecule is CCOCc1ccc(CN=C(N)NCCc2ccc(OC)c(OC)c2)cc1.I. The van der Waals surface area contributed by atoms with Crippen LogP contribution in [0.15, 0.2) is 47.5 Å². The highest BCUT2D eigenvalue weighted by atomic mass is 127. The Morgan fingerprint density at radius 1 is 0.964 bits per heavy atom. The summed E-state index contributed by atoms with van der Waals surface area (Å²) in [5.74, 6) is 1.89. The van der Waals surface area contributed by atoms with Crippen LogP contribution in [0.4, 0.5) is 0 Å². The van der Waals surface area contributed by atoms with Gasteiger partial charge >= 0.3 is 0 Å². The van der Waals surface area contributed by atoms with Crippen LogP contribution in [0.3, 0.4) is 0 Å². The van der Waals surface area contributed by atoms with Crippen LogP contribution >= 0.6 is 24.0 Å². The third-order valence-corrected chi connectivity index (χ3v) is 4.10. The zero-order valence-electron chi connectivity index (χ0n) is 16.7. The molecule has 3 N–H and O–H groups in total. The Morgan fingerprint density at radius 3 is 2.25 bits per heavy atom. The highest BCUT2D eigenvalue weighted by Gasteiger charge is 2.04. The summed E-state index contributed by atoms with van der Waals surface area (Å²) in [6, 6.07) is 14.1. The summed E-state index contributed by atoms with van der Waals surface area (Å²) in [5, 5.41) is 3.14. The Bertz CT molecular complexity index is 736. The number of nitrogens with two attached hydrogens (primary N) is 1. The molecule has 0 heterocycles. The third-order valence-electron chi connectivity index (χ3n) is 4.10. The predicted molar refractivity (Wildman–Crippen MR) is 124 cm³/mol. The van der Waals surface area contributed by atoms with Gasteiger partial charge in [0.15, 0.2) is 17.5 Å². The number of guanidine groups is 1. The van der Waals surface area contributed by atoms with E-state index >= 15 is 0 Å². The Kier molecular flexibility index (Phi) is 11.4. The Morgan fingerprint density at radius 2 is 1.61 bits per heavy atom. The van der Waals surface area contributed by atoms with Gasteiger partial charge in [0.1, 0.15) is 0 Å². The van der Waals surface area contributed by atoms with Crippen molar-refractivity contribution in [1.29, 1.82) is 0 Å². The van der Waals surface area contributed by atoms with Crippen molar-refractivity contribution in [3.63, 3.8) is 0 Å². The number of nitrogens with zero attached hydrogens (tertiary/aromatic N) is 1. The summed E-state index contributed by atoms with van der Waals surface area (Å²) in [6.07, 6.45) is 0.808. The lowest BCUT2D eigenvalue weighted by atomic mass is 10.1. The molecule has 0 aliphatic carbocycles. The Hall–Kier alpha value is -2.00. The average molecular weight is 499 g/mol. The minimum Gasteiger partial charge on any atom is -0.493 e. The molecule has 0 amide bonds. The minimum absolute atomic E-state index is 0. The maximum atomic E-state index is 5.96. The van der Waals surface area contributed by atoms with Gasteiger partial charge in [0.25, 0.3) is 0 Å². The van der Waals surface area contributed by atoms with Crippen LogP contribution in [0.25, 0.3) is 0 Å². The predicted octanol–water partition coefficient (Wildman–Crippen LogP) is 3.51. The fraction of sp³-hybridized carbons (Fsp3) is 0.381. The topological polar surface area (TPSA) is 78.1 Å². The smallest absolute Gasteiger partial charge is 0.188 e. The van der Waals surface area contributed by atoms with Crippen LogP contribution in [0.5, 0.6) is 11.5 Å². The molecule has 2 aromatic carbocycles. The lowest BCUT2D eigenvalue weighted by Gasteiger charge is -2.10. The molecule has 0 saturated carbocycles. The van der Waals surface area contributed by atoms with Gasteiger partial charge in [-0.3, -0.25) is 0 Å². The summed E-state index contributed by atoms with van der Waals surface area (Å²) in [5.41, 5.74) is 9.36. The monoisotopic (exact) mass is 499 g/mol. The van der Waals surface area contributed by atoms with Crippen molar-refractivity contribution in [2.75, 3.05) is 27.4 Å². The third kappa shape index (κ3) is 7.93. The van der Waals surface area contributed by atoms with E-state index in [0.717, 1.165) is 41.2 Å². The van der Waals surface area contributed by atoms with Crippen LogP contribution in [0.2, 0.25) is 0 Å². The van der Waals surface area contributed by atoms with Gasteiger partial charge in [0, 0.05) is 13.2 Å². The Balaban J connectivity index is 0.00000392. The lowest BCUT2D eigenvalue weighted by molar-refractivity contribution is 0.134. The van der Waals surface area contributed by atoms with Crippen molar-refractivity contribution < 1.29 is 14.2 Å². The fourth-order valence-corrected chi connectivity index (χ4v) is 2.56. The number of nitrogens with one attached hydrogen (secondary N) is 1. The molecular weight excluding hydrogens is 469 g/mol.